The minimum absolute atomic E-state index is 0.0297. The van der Waals surface area contributed by atoms with E-state index in [4.69, 9.17) is 26.3 Å². The Bertz CT molecular complexity index is 1230. The molecule has 2 aromatic carbocycles. The van der Waals surface area contributed by atoms with Gasteiger partial charge in [-0.15, -0.1) is 5.10 Å². The van der Waals surface area contributed by atoms with Gasteiger partial charge in [0.25, 0.3) is 5.78 Å². The standard InChI is InChI=1S/C24H27N3O8P3S/c1-26(25-16-19-8-12-22(32-2)13-9-19)38(39)33-23-14-10-21(11-15-23)24(37(31)35-29)27(18-36(30)34-28)17-20-6-4-3-5-7-20/h3-6,8-16,20,24H,7,17-18H2,1-2H3/q+1/p+2/b25-16+. The van der Waals surface area contributed by atoms with Crippen LogP contribution in [-0.2, 0) is 30.3 Å². The van der Waals surface area contributed by atoms with Crippen LogP contribution in [0.25, 0.3) is 0 Å². The van der Waals surface area contributed by atoms with Crippen molar-refractivity contribution in [1.82, 2.24) is 9.68 Å². The van der Waals surface area contributed by atoms with E-state index in [9.17, 15) is 14.4 Å². The van der Waals surface area contributed by atoms with Crippen LogP contribution in [0, 0.1) is 5.92 Å². The van der Waals surface area contributed by atoms with Crippen molar-refractivity contribution in [3.63, 3.8) is 0 Å². The second-order valence-corrected chi connectivity index (χ2v) is 12.8. The molecule has 0 fully saturated rings. The number of benzene rings is 2. The normalized spacial score (nSPS) is 16.7. The zero-order valence-electron chi connectivity index (χ0n) is 21.2. The van der Waals surface area contributed by atoms with Crippen LogP contribution in [0.1, 0.15) is 23.3 Å². The molecule has 0 bridgehead atoms. The van der Waals surface area contributed by atoms with Crippen molar-refractivity contribution in [3.8, 4) is 11.5 Å². The van der Waals surface area contributed by atoms with Crippen LogP contribution in [0.4, 0.5) is 0 Å². The third-order valence-electron chi connectivity index (χ3n) is 5.64. The fraction of sp³-hybridized carbons (Fsp3) is 0.292. The van der Waals surface area contributed by atoms with Gasteiger partial charge in [-0.1, -0.05) is 29.1 Å². The van der Waals surface area contributed by atoms with Gasteiger partial charge in [0, 0.05) is 21.5 Å². The van der Waals surface area contributed by atoms with Crippen molar-refractivity contribution in [2.75, 3.05) is 27.0 Å². The Kier molecular flexibility index (Phi) is 12.7. The maximum atomic E-state index is 12.8. The number of ether oxygens (including phenoxy) is 1. The largest absolute Gasteiger partial charge is 0.563 e. The molecule has 39 heavy (non-hydrogen) atoms. The first-order valence-corrected chi connectivity index (χ1v) is 16.5. The van der Waals surface area contributed by atoms with Gasteiger partial charge in [0.1, 0.15) is 5.75 Å². The lowest BCUT2D eigenvalue weighted by Crippen LogP contribution is -2.32. The van der Waals surface area contributed by atoms with E-state index in [0.717, 1.165) is 17.7 Å². The first kappa shape index (κ1) is 31.0. The number of hydrogen-bond donors (Lipinski definition) is 2. The molecule has 206 valence electrons. The Morgan fingerprint density at radius 3 is 2.36 bits per heavy atom. The second kappa shape index (κ2) is 15.9. The molecule has 0 amide bonds. The van der Waals surface area contributed by atoms with E-state index >= 15 is 0 Å². The summed E-state index contributed by atoms with van der Waals surface area (Å²) in [6, 6.07) is 14.0. The van der Waals surface area contributed by atoms with Crippen LogP contribution < -0.4 is 9.26 Å². The topological polar surface area (TPSA) is 130 Å². The van der Waals surface area contributed by atoms with Gasteiger partial charge in [-0.3, -0.25) is 4.52 Å². The summed E-state index contributed by atoms with van der Waals surface area (Å²) in [6.45, 7) is 0.326. The fourth-order valence-corrected chi connectivity index (χ4v) is 6.36. The monoisotopic (exact) mass is 612 g/mol. The number of allylic oxidation sites excluding steroid dienone is 3. The van der Waals surface area contributed by atoms with E-state index in [1.807, 2.05) is 48.6 Å². The Labute approximate surface area is 234 Å². The SMILES string of the molecule is COc1ccc(/C=N/N(C)[P+](=S)Oc2ccc(C(N(CC3C=CC=CC3)C[P+](=O)OO)[P+](=O)OO)cc2)cc1. The lowest BCUT2D eigenvalue weighted by Gasteiger charge is -2.23. The molecule has 11 nitrogen and oxygen atoms in total. The Morgan fingerprint density at radius 2 is 1.77 bits per heavy atom. The summed E-state index contributed by atoms with van der Waals surface area (Å²) in [5.41, 5.74) is 1.38. The molecular formula is C24H29N3O8P3S+3. The minimum Gasteiger partial charge on any atom is -0.497 e. The van der Waals surface area contributed by atoms with Gasteiger partial charge in [-0.25, -0.2) is 15.4 Å². The smallest absolute Gasteiger partial charge is 0.497 e. The van der Waals surface area contributed by atoms with Gasteiger partial charge in [0.05, 0.1) is 20.4 Å². The van der Waals surface area contributed by atoms with Crippen molar-refractivity contribution in [1.29, 1.82) is 0 Å². The Balaban J connectivity index is 1.72. The summed E-state index contributed by atoms with van der Waals surface area (Å²) in [7, 11) is -3.36. The zero-order valence-corrected chi connectivity index (χ0v) is 24.7. The maximum absolute atomic E-state index is 12.8. The highest BCUT2D eigenvalue weighted by Gasteiger charge is 2.45. The van der Waals surface area contributed by atoms with Crippen LogP contribution in [-0.4, -0.2) is 53.4 Å². The summed E-state index contributed by atoms with van der Waals surface area (Å²) >= 11 is 5.48. The van der Waals surface area contributed by atoms with Gasteiger partial charge >= 0.3 is 23.1 Å². The molecule has 5 unspecified atom stereocenters. The molecule has 0 radical (unpaired) electrons. The quantitative estimate of drug-likeness (QED) is 0.0968. The number of methoxy groups -OCH3 is 1. The molecule has 2 N–H and O–H groups in total. The van der Waals surface area contributed by atoms with E-state index in [-0.39, 0.29) is 12.2 Å². The first-order chi connectivity index (χ1) is 18.8. The molecule has 2 aromatic rings. The first-order valence-electron chi connectivity index (χ1n) is 11.6. The van der Waals surface area contributed by atoms with Crippen molar-refractivity contribution in [3.05, 3.63) is 84.0 Å². The molecule has 0 aliphatic heterocycles. The van der Waals surface area contributed by atoms with Crippen LogP contribution in [0.15, 0.2) is 77.9 Å². The van der Waals surface area contributed by atoms with Gasteiger partial charge in [-0.05, 0) is 75.6 Å². The van der Waals surface area contributed by atoms with Crippen LogP contribution in [0.2, 0.25) is 0 Å². The van der Waals surface area contributed by atoms with Gasteiger partial charge in [0.15, 0.2) is 5.75 Å². The lowest BCUT2D eigenvalue weighted by molar-refractivity contribution is -0.134. The third-order valence-corrected chi connectivity index (χ3v) is 9.48. The minimum atomic E-state index is -2.66. The van der Waals surface area contributed by atoms with Crippen LogP contribution in [0.5, 0.6) is 11.5 Å². The van der Waals surface area contributed by atoms with Crippen molar-refractivity contribution < 1.29 is 38.3 Å². The molecule has 0 spiro atoms. The maximum Gasteiger partial charge on any atom is 0.563 e. The van der Waals surface area contributed by atoms with Gasteiger partial charge < -0.3 is 4.74 Å². The molecule has 1 aliphatic carbocycles. The zero-order chi connectivity index (χ0) is 28.2. The summed E-state index contributed by atoms with van der Waals surface area (Å²) in [5.74, 6) is 0.259. The predicted octanol–water partition coefficient (Wildman–Crippen LogP) is 6.67. The molecule has 0 saturated carbocycles. The summed E-state index contributed by atoms with van der Waals surface area (Å²) in [5, 5.41) is 22.5. The van der Waals surface area contributed by atoms with E-state index in [0.29, 0.717) is 17.9 Å². The summed E-state index contributed by atoms with van der Waals surface area (Å²) in [6.07, 6.45) is 9.92. The van der Waals surface area contributed by atoms with Gasteiger partial charge in [0.2, 0.25) is 18.1 Å². The van der Waals surface area contributed by atoms with Crippen molar-refractivity contribution >= 4 is 41.2 Å². The molecule has 0 aromatic heterocycles. The lowest BCUT2D eigenvalue weighted by atomic mass is 10.0. The van der Waals surface area contributed by atoms with Gasteiger partial charge in [-0.2, -0.15) is 0 Å². The fourth-order valence-electron chi connectivity index (χ4n) is 3.72. The number of nitrogens with zero attached hydrogens (tertiary/aromatic N) is 3. The third kappa shape index (κ3) is 9.58. The average molecular weight is 612 g/mol. The van der Waals surface area contributed by atoms with E-state index in [1.165, 1.54) is 0 Å². The summed E-state index contributed by atoms with van der Waals surface area (Å²) in [4.78, 5) is 1.59. The number of hydrogen-bond acceptors (Lipinski definition) is 11. The molecule has 15 heteroatoms. The second-order valence-electron chi connectivity index (χ2n) is 8.28. The van der Waals surface area contributed by atoms with Crippen molar-refractivity contribution in [2.45, 2.75) is 12.2 Å². The molecular weight excluding hydrogens is 583 g/mol. The predicted molar refractivity (Wildman–Crippen MR) is 153 cm³/mol. The highest BCUT2D eigenvalue weighted by molar-refractivity contribution is 8.02. The Hall–Kier alpha value is -2.49. The van der Waals surface area contributed by atoms with E-state index in [2.05, 4.69) is 14.5 Å². The van der Waals surface area contributed by atoms with E-state index < -0.39 is 28.9 Å². The highest BCUT2D eigenvalue weighted by Crippen LogP contribution is 2.46. The molecule has 0 heterocycles. The molecule has 1 aliphatic rings. The molecule has 3 rings (SSSR count). The van der Waals surface area contributed by atoms with Crippen LogP contribution >= 0.6 is 23.1 Å². The number of rotatable bonds is 15. The molecule has 0 saturated heterocycles. The summed E-state index contributed by atoms with van der Waals surface area (Å²) < 4.78 is 45.6. The number of hydrazone groups is 1. The molecule has 5 atom stereocenters. The highest BCUT2D eigenvalue weighted by atomic mass is 32.4. The van der Waals surface area contributed by atoms with Crippen LogP contribution in [0.3, 0.4) is 0 Å². The van der Waals surface area contributed by atoms with Crippen molar-refractivity contribution in [2.24, 2.45) is 11.0 Å². The average Bonchev–Trinajstić information content (AvgIpc) is 2.97. The van der Waals surface area contributed by atoms with E-state index in [1.54, 1.807) is 54.3 Å². The Morgan fingerprint density at radius 1 is 1.08 bits per heavy atom.